The maximum Gasteiger partial charge on any atom is 0.156 e. The van der Waals surface area contributed by atoms with Gasteiger partial charge in [0, 0.05) is 29.9 Å². The Morgan fingerprint density at radius 1 is 1.08 bits per heavy atom. The lowest BCUT2D eigenvalue weighted by atomic mass is 10.2. The fraction of sp³-hybridized carbons (Fsp3) is 0.150. The van der Waals surface area contributed by atoms with E-state index in [1.807, 2.05) is 41.7 Å². The predicted octanol–water partition coefficient (Wildman–Crippen LogP) is 4.51. The van der Waals surface area contributed by atoms with E-state index < -0.39 is 0 Å². The number of benzene rings is 1. The quantitative estimate of drug-likeness (QED) is 0.514. The minimum absolute atomic E-state index is 0.671. The topological polar surface area (TPSA) is 58.9 Å². The average molecular weight is 362 g/mol. The van der Waals surface area contributed by atoms with Crippen molar-refractivity contribution in [2.75, 3.05) is 0 Å². The molecule has 5 nitrogen and oxygen atoms in total. The van der Waals surface area contributed by atoms with Crippen molar-refractivity contribution in [1.29, 1.82) is 0 Å². The van der Waals surface area contributed by atoms with Gasteiger partial charge in [-0.1, -0.05) is 11.6 Å². The van der Waals surface area contributed by atoms with Gasteiger partial charge in [0.15, 0.2) is 5.65 Å². The molecule has 128 valence electrons. The zero-order valence-electron chi connectivity index (χ0n) is 14.2. The first kappa shape index (κ1) is 15.3. The van der Waals surface area contributed by atoms with E-state index in [4.69, 9.17) is 16.6 Å². The van der Waals surface area contributed by atoms with E-state index in [0.29, 0.717) is 5.02 Å². The van der Waals surface area contributed by atoms with Gasteiger partial charge in [0.1, 0.15) is 5.82 Å². The average Bonchev–Trinajstić information content (AvgIpc) is 3.28. The number of nitrogens with zero attached hydrogens (tertiary/aromatic N) is 4. The van der Waals surface area contributed by atoms with E-state index in [1.54, 1.807) is 6.20 Å². The summed E-state index contributed by atoms with van der Waals surface area (Å²) in [6.45, 7) is 2.05. The number of pyridine rings is 2. The molecule has 0 aliphatic heterocycles. The number of rotatable bonds is 3. The minimum atomic E-state index is 0.671. The largest absolute Gasteiger partial charge is 0.342 e. The highest BCUT2D eigenvalue weighted by Crippen LogP contribution is 2.23. The lowest BCUT2D eigenvalue weighted by Crippen LogP contribution is -1.93. The first-order valence-electron chi connectivity index (χ1n) is 8.54. The van der Waals surface area contributed by atoms with Crippen molar-refractivity contribution >= 4 is 39.2 Å². The maximum absolute atomic E-state index is 6.26. The van der Waals surface area contributed by atoms with Gasteiger partial charge in [0.05, 0.1) is 27.3 Å². The number of hydrogen-bond donors (Lipinski definition) is 1. The monoisotopic (exact) mass is 361 g/mol. The molecule has 26 heavy (non-hydrogen) atoms. The summed E-state index contributed by atoms with van der Waals surface area (Å²) in [6, 6.07) is 11.9. The highest BCUT2D eigenvalue weighted by Gasteiger charge is 2.10. The molecule has 0 aliphatic rings. The van der Waals surface area contributed by atoms with Gasteiger partial charge in [-0.3, -0.25) is 4.98 Å². The molecule has 0 bridgehead atoms. The van der Waals surface area contributed by atoms with Gasteiger partial charge in [-0.05, 0) is 49.7 Å². The van der Waals surface area contributed by atoms with Crippen LogP contribution in [-0.4, -0.2) is 24.3 Å². The van der Waals surface area contributed by atoms with Crippen molar-refractivity contribution in [2.45, 2.75) is 19.8 Å². The Balaban J connectivity index is 1.47. The summed E-state index contributed by atoms with van der Waals surface area (Å²) < 4.78 is 2.04. The molecule has 0 saturated carbocycles. The summed E-state index contributed by atoms with van der Waals surface area (Å²) in [4.78, 5) is 17.3. The summed E-state index contributed by atoms with van der Waals surface area (Å²) in [7, 11) is 0. The summed E-state index contributed by atoms with van der Waals surface area (Å²) >= 11 is 6.26. The summed E-state index contributed by atoms with van der Waals surface area (Å²) in [5, 5.41) is 1.74. The molecule has 5 aromatic rings. The third-order valence-electron chi connectivity index (χ3n) is 4.72. The van der Waals surface area contributed by atoms with Crippen molar-refractivity contribution < 1.29 is 0 Å². The standard InChI is InChI=1S/C20H16ClN5/c1-12-4-6-15(21)20-23-13(11-26(12)20)5-9-18-24-17-8-7-16-14(19(17)25-18)3-2-10-22-16/h2-4,6-8,10-11H,5,9H2,1H3,(H,24,25). The zero-order valence-corrected chi connectivity index (χ0v) is 15.0. The van der Waals surface area contributed by atoms with Crippen molar-refractivity contribution in [3.63, 3.8) is 0 Å². The summed E-state index contributed by atoms with van der Waals surface area (Å²) in [6.07, 6.45) is 5.45. The Bertz CT molecular complexity index is 1230. The number of aryl methyl sites for hydroxylation is 3. The Hall–Kier alpha value is -2.92. The second-order valence-electron chi connectivity index (χ2n) is 6.46. The van der Waals surface area contributed by atoms with Crippen LogP contribution in [-0.2, 0) is 12.8 Å². The van der Waals surface area contributed by atoms with Crippen LogP contribution in [0.5, 0.6) is 0 Å². The lowest BCUT2D eigenvalue weighted by Gasteiger charge is -1.99. The van der Waals surface area contributed by atoms with Crippen LogP contribution in [0, 0.1) is 6.92 Å². The van der Waals surface area contributed by atoms with Crippen LogP contribution < -0.4 is 0 Å². The minimum Gasteiger partial charge on any atom is -0.342 e. The van der Waals surface area contributed by atoms with Gasteiger partial charge in [-0.2, -0.15) is 0 Å². The van der Waals surface area contributed by atoms with Gasteiger partial charge >= 0.3 is 0 Å². The molecule has 4 aromatic heterocycles. The Morgan fingerprint density at radius 3 is 2.88 bits per heavy atom. The maximum atomic E-state index is 6.26. The number of nitrogens with one attached hydrogen (secondary N) is 1. The van der Waals surface area contributed by atoms with Crippen LogP contribution in [0.25, 0.3) is 27.6 Å². The van der Waals surface area contributed by atoms with E-state index in [0.717, 1.165) is 57.6 Å². The van der Waals surface area contributed by atoms with Crippen molar-refractivity contribution in [1.82, 2.24) is 24.3 Å². The van der Waals surface area contributed by atoms with Gasteiger partial charge in [0.25, 0.3) is 0 Å². The van der Waals surface area contributed by atoms with Crippen LogP contribution in [0.3, 0.4) is 0 Å². The van der Waals surface area contributed by atoms with Gasteiger partial charge in [-0.15, -0.1) is 0 Å². The molecule has 0 spiro atoms. The second kappa shape index (κ2) is 5.81. The molecule has 0 unspecified atom stereocenters. The molecule has 4 heterocycles. The Labute approximate surface area is 154 Å². The zero-order chi connectivity index (χ0) is 17.7. The fourth-order valence-corrected chi connectivity index (χ4v) is 3.57. The van der Waals surface area contributed by atoms with Crippen LogP contribution in [0.15, 0.2) is 48.8 Å². The molecule has 0 fully saturated rings. The molecule has 6 heteroatoms. The number of fused-ring (bicyclic) bond motifs is 4. The van der Waals surface area contributed by atoms with Gasteiger partial charge in [-0.25, -0.2) is 9.97 Å². The molecule has 1 aromatic carbocycles. The molecular formula is C20H16ClN5. The smallest absolute Gasteiger partial charge is 0.156 e. The van der Waals surface area contributed by atoms with Crippen molar-refractivity contribution in [3.8, 4) is 0 Å². The van der Waals surface area contributed by atoms with Crippen LogP contribution in [0.2, 0.25) is 5.02 Å². The van der Waals surface area contributed by atoms with Crippen LogP contribution >= 0.6 is 11.6 Å². The lowest BCUT2D eigenvalue weighted by molar-refractivity contribution is 0.869. The van der Waals surface area contributed by atoms with Gasteiger partial charge in [0.2, 0.25) is 0 Å². The predicted molar refractivity (Wildman–Crippen MR) is 104 cm³/mol. The number of imidazole rings is 2. The number of hydrogen-bond acceptors (Lipinski definition) is 3. The first-order chi connectivity index (χ1) is 12.7. The highest BCUT2D eigenvalue weighted by atomic mass is 35.5. The number of H-pyrrole nitrogens is 1. The van der Waals surface area contributed by atoms with E-state index in [1.165, 1.54) is 0 Å². The second-order valence-corrected chi connectivity index (χ2v) is 6.87. The Morgan fingerprint density at radius 2 is 2.00 bits per heavy atom. The van der Waals surface area contributed by atoms with Crippen LogP contribution in [0.4, 0.5) is 0 Å². The molecule has 1 N–H and O–H groups in total. The van der Waals surface area contributed by atoms with E-state index in [2.05, 4.69) is 27.2 Å². The van der Waals surface area contributed by atoms with Crippen molar-refractivity contribution in [2.24, 2.45) is 0 Å². The first-order valence-corrected chi connectivity index (χ1v) is 8.92. The Kier molecular flexibility index (Phi) is 3.43. The van der Waals surface area contributed by atoms with Crippen LogP contribution in [0.1, 0.15) is 17.2 Å². The van der Waals surface area contributed by atoms with Crippen molar-refractivity contribution in [3.05, 3.63) is 71.0 Å². The highest BCUT2D eigenvalue weighted by molar-refractivity contribution is 6.33. The molecular weight excluding hydrogens is 346 g/mol. The molecule has 5 rings (SSSR count). The molecule has 0 aliphatic carbocycles. The van der Waals surface area contributed by atoms with E-state index in [-0.39, 0.29) is 0 Å². The number of halogens is 1. The fourth-order valence-electron chi connectivity index (χ4n) is 3.38. The molecule has 0 saturated heterocycles. The third kappa shape index (κ3) is 2.44. The SMILES string of the molecule is Cc1ccc(Cl)c2nc(CCc3nc4c(ccc5ncccc54)[nH]3)cn12. The van der Waals surface area contributed by atoms with E-state index in [9.17, 15) is 0 Å². The molecule has 0 amide bonds. The molecule has 0 radical (unpaired) electrons. The summed E-state index contributed by atoms with van der Waals surface area (Å²) in [5.74, 6) is 0.955. The number of aromatic nitrogens is 5. The van der Waals surface area contributed by atoms with Gasteiger partial charge < -0.3 is 9.38 Å². The normalized spacial score (nSPS) is 11.8. The van der Waals surface area contributed by atoms with E-state index >= 15 is 0 Å². The molecule has 0 atom stereocenters. The number of aromatic amines is 1. The summed E-state index contributed by atoms with van der Waals surface area (Å²) in [5.41, 5.74) is 5.90. The third-order valence-corrected chi connectivity index (χ3v) is 5.02.